The third kappa shape index (κ3) is 10.0. The number of azo groups is 1. The van der Waals surface area contributed by atoms with E-state index in [1.165, 1.54) is 11.6 Å². The van der Waals surface area contributed by atoms with Crippen molar-refractivity contribution in [1.82, 2.24) is 29.7 Å². The Balaban J connectivity index is 1.59. The maximum atomic E-state index is 12.0. The molecule has 0 aliphatic carbocycles. The summed E-state index contributed by atoms with van der Waals surface area (Å²) in [6, 6.07) is 7.54. The highest BCUT2D eigenvalue weighted by Gasteiger charge is 2.21. The van der Waals surface area contributed by atoms with Crippen LogP contribution in [0, 0.1) is 12.8 Å². The van der Waals surface area contributed by atoms with Crippen molar-refractivity contribution in [3.63, 3.8) is 0 Å². The number of aryl methyl sites for hydroxylation is 2. The molecule has 0 radical (unpaired) electrons. The summed E-state index contributed by atoms with van der Waals surface area (Å²) in [6.07, 6.45) is 0.726. The maximum Gasteiger partial charge on any atom is 0.325 e. The quantitative estimate of drug-likeness (QED) is 0.0710. The summed E-state index contributed by atoms with van der Waals surface area (Å²) in [6.45, 7) is 9.35. The minimum absolute atomic E-state index is 0.0328. The van der Waals surface area contributed by atoms with Crippen LogP contribution < -0.4 is 10.6 Å². The lowest BCUT2D eigenvalue weighted by atomic mass is 10.1. The number of carbonyl (C=O) groups excluding carboxylic acids is 1. The maximum absolute atomic E-state index is 12.0. The molecule has 47 heavy (non-hydrogen) atoms. The highest BCUT2D eigenvalue weighted by atomic mass is 16.5. The molecule has 1 atom stereocenters. The molecule has 0 aliphatic rings. The van der Waals surface area contributed by atoms with Crippen molar-refractivity contribution in [2.24, 2.45) is 16.1 Å². The molecule has 4 rings (SSSR count). The van der Waals surface area contributed by atoms with Gasteiger partial charge in [0.15, 0.2) is 22.9 Å². The number of para-hydroxylation sites is 2. The minimum atomic E-state index is -1.07. The van der Waals surface area contributed by atoms with E-state index in [1.807, 2.05) is 39.0 Å². The number of fused-ring (bicyclic) bond motifs is 1. The lowest BCUT2D eigenvalue weighted by Gasteiger charge is -2.23. The summed E-state index contributed by atoms with van der Waals surface area (Å²) < 4.78 is 12.4. The lowest BCUT2D eigenvalue weighted by Crippen LogP contribution is -2.27. The number of carbonyl (C=O) groups is 3. The van der Waals surface area contributed by atoms with Crippen LogP contribution in [0.5, 0.6) is 0 Å². The summed E-state index contributed by atoms with van der Waals surface area (Å²) in [5.74, 6) is -1.89. The summed E-state index contributed by atoms with van der Waals surface area (Å²) in [7, 11) is 0. The molecule has 0 saturated carbocycles. The second kappa shape index (κ2) is 15.2. The Kier molecular flexibility index (Phi) is 11.1. The SMILES string of the molecule is Cc1nc(N=Nc2c(NCCCOC(=O)CC(C)C(=O)O)nc(CCCC(=O)O)nc2NC(C)(C)C)nn1-c1nc2ccccc2o1. The van der Waals surface area contributed by atoms with E-state index in [0.29, 0.717) is 60.2 Å². The fourth-order valence-corrected chi connectivity index (χ4v) is 4.18. The number of benzene rings is 1. The smallest absolute Gasteiger partial charge is 0.325 e. The largest absolute Gasteiger partial charge is 0.481 e. The van der Waals surface area contributed by atoms with Gasteiger partial charge in [0.1, 0.15) is 17.2 Å². The normalized spacial score (nSPS) is 12.4. The van der Waals surface area contributed by atoms with E-state index in [9.17, 15) is 14.4 Å². The van der Waals surface area contributed by atoms with Crippen molar-refractivity contribution < 1.29 is 33.8 Å². The van der Waals surface area contributed by atoms with Crippen LogP contribution in [-0.2, 0) is 25.5 Å². The molecule has 17 heteroatoms. The predicted octanol–water partition coefficient (Wildman–Crippen LogP) is 5.00. The molecule has 3 heterocycles. The van der Waals surface area contributed by atoms with Crippen LogP contribution in [0.15, 0.2) is 38.9 Å². The zero-order valence-corrected chi connectivity index (χ0v) is 26.8. The standard InChI is InChI=1S/C30H38N10O7/c1-17(27(44)45)16-23(43)46-15-9-14-31-25-24(26(36-30(3,4)5)35-21(34-25)12-8-13-22(41)42)37-38-28-32-18(2)40(39-28)29-33-19-10-6-7-11-20(19)47-29/h6-7,10-11,17H,8-9,12-16H2,1-5H3,(H,41,42)(H,44,45)(H2,31,34,35,36). The Hall–Kier alpha value is -5.48. The van der Waals surface area contributed by atoms with Gasteiger partial charge in [-0.15, -0.1) is 15.3 Å². The number of hydrogen-bond acceptors (Lipinski definition) is 14. The van der Waals surface area contributed by atoms with Crippen LogP contribution in [0.2, 0.25) is 0 Å². The van der Waals surface area contributed by atoms with Crippen molar-refractivity contribution in [3.8, 4) is 6.01 Å². The first-order chi connectivity index (χ1) is 22.3. The predicted molar refractivity (Wildman–Crippen MR) is 169 cm³/mol. The van der Waals surface area contributed by atoms with Crippen LogP contribution in [0.1, 0.15) is 65.0 Å². The van der Waals surface area contributed by atoms with Gasteiger partial charge in [-0.2, -0.15) is 14.6 Å². The highest BCUT2D eigenvalue weighted by Crippen LogP contribution is 2.34. The number of aromatic nitrogens is 6. The van der Waals surface area contributed by atoms with E-state index in [4.69, 9.17) is 19.4 Å². The molecule has 4 N–H and O–H groups in total. The van der Waals surface area contributed by atoms with Crippen molar-refractivity contribution in [3.05, 3.63) is 35.9 Å². The lowest BCUT2D eigenvalue weighted by molar-refractivity contribution is -0.151. The summed E-state index contributed by atoms with van der Waals surface area (Å²) in [5, 5.41) is 37.7. The molecule has 1 aromatic carbocycles. The van der Waals surface area contributed by atoms with Gasteiger partial charge < -0.3 is 30.0 Å². The molecule has 17 nitrogen and oxygen atoms in total. The highest BCUT2D eigenvalue weighted by molar-refractivity contribution is 5.78. The first-order valence-corrected chi connectivity index (χ1v) is 15.0. The Bertz CT molecular complexity index is 1730. The Labute approximate surface area is 269 Å². The molecule has 0 bridgehead atoms. The van der Waals surface area contributed by atoms with Crippen LogP contribution in [-0.4, -0.2) is 76.5 Å². The van der Waals surface area contributed by atoms with Gasteiger partial charge in [-0.05, 0) is 52.7 Å². The number of nitrogens with one attached hydrogen (secondary N) is 2. The number of hydrogen-bond donors (Lipinski definition) is 4. The molecule has 0 amide bonds. The van der Waals surface area contributed by atoms with Gasteiger partial charge in [0.05, 0.1) is 18.9 Å². The molecule has 0 aliphatic heterocycles. The van der Waals surface area contributed by atoms with E-state index in [-0.39, 0.29) is 37.1 Å². The molecular formula is C30H38N10O7. The third-order valence-electron chi connectivity index (χ3n) is 6.45. The summed E-state index contributed by atoms with van der Waals surface area (Å²) in [4.78, 5) is 52.2. The first kappa shape index (κ1) is 34.4. The van der Waals surface area contributed by atoms with Gasteiger partial charge in [-0.3, -0.25) is 14.4 Å². The van der Waals surface area contributed by atoms with Crippen molar-refractivity contribution in [2.45, 2.75) is 72.3 Å². The second-order valence-electron chi connectivity index (χ2n) is 11.8. The first-order valence-electron chi connectivity index (χ1n) is 15.0. The Morgan fingerprint density at radius 1 is 1.04 bits per heavy atom. The number of oxazole rings is 1. The number of anilines is 2. The number of carboxylic acid groups (broad SMARTS) is 2. The van der Waals surface area contributed by atoms with Gasteiger partial charge in [-0.1, -0.05) is 19.1 Å². The van der Waals surface area contributed by atoms with Crippen molar-refractivity contribution in [1.29, 1.82) is 0 Å². The second-order valence-corrected chi connectivity index (χ2v) is 11.8. The Morgan fingerprint density at radius 2 is 1.79 bits per heavy atom. The topological polar surface area (TPSA) is 232 Å². The van der Waals surface area contributed by atoms with Gasteiger partial charge in [0, 0.05) is 24.9 Å². The molecule has 1 unspecified atom stereocenters. The summed E-state index contributed by atoms with van der Waals surface area (Å²) in [5.41, 5.74) is 1.07. The number of ether oxygens (including phenoxy) is 1. The molecule has 250 valence electrons. The van der Waals surface area contributed by atoms with Gasteiger partial charge in [0.25, 0.3) is 5.95 Å². The number of aliphatic carboxylic acids is 2. The van der Waals surface area contributed by atoms with Gasteiger partial charge in [-0.25, -0.2) is 9.97 Å². The molecule has 3 aromatic heterocycles. The van der Waals surface area contributed by atoms with Crippen molar-refractivity contribution in [2.75, 3.05) is 23.8 Å². The molecule has 0 fully saturated rings. The zero-order chi connectivity index (χ0) is 34.1. The molecule has 0 spiro atoms. The monoisotopic (exact) mass is 650 g/mol. The number of esters is 1. The van der Waals surface area contributed by atoms with E-state index in [0.717, 1.165) is 0 Å². The van der Waals surface area contributed by atoms with E-state index < -0.39 is 29.4 Å². The van der Waals surface area contributed by atoms with Crippen LogP contribution in [0.3, 0.4) is 0 Å². The third-order valence-corrected chi connectivity index (χ3v) is 6.45. The van der Waals surface area contributed by atoms with E-state index in [1.54, 1.807) is 13.0 Å². The molecular weight excluding hydrogens is 612 g/mol. The number of carboxylic acids is 2. The molecule has 0 saturated heterocycles. The fourth-order valence-electron chi connectivity index (χ4n) is 4.18. The van der Waals surface area contributed by atoms with Crippen LogP contribution >= 0.6 is 0 Å². The van der Waals surface area contributed by atoms with Gasteiger partial charge >= 0.3 is 23.9 Å². The van der Waals surface area contributed by atoms with E-state index >= 15 is 0 Å². The average molecular weight is 651 g/mol. The van der Waals surface area contributed by atoms with Crippen LogP contribution in [0.25, 0.3) is 17.1 Å². The fraction of sp³-hybridized carbons (Fsp3) is 0.467. The minimum Gasteiger partial charge on any atom is -0.481 e. The zero-order valence-electron chi connectivity index (χ0n) is 26.8. The van der Waals surface area contributed by atoms with E-state index in [2.05, 4.69) is 45.9 Å². The van der Waals surface area contributed by atoms with Crippen molar-refractivity contribution >= 4 is 52.3 Å². The number of rotatable bonds is 16. The van der Waals surface area contributed by atoms with Gasteiger partial charge in [0.2, 0.25) is 0 Å². The molecule has 4 aromatic rings. The Morgan fingerprint density at radius 3 is 2.49 bits per heavy atom. The van der Waals surface area contributed by atoms with Crippen LogP contribution in [0.4, 0.5) is 23.3 Å². The average Bonchev–Trinajstić information content (AvgIpc) is 3.58. The summed E-state index contributed by atoms with van der Waals surface area (Å²) >= 11 is 0. The number of nitrogens with zero attached hydrogens (tertiary/aromatic N) is 8.